The normalized spacial score (nSPS) is 19.2. The number of carboxylic acids is 1. The van der Waals surface area contributed by atoms with Gasteiger partial charge in [0.25, 0.3) is 0 Å². The summed E-state index contributed by atoms with van der Waals surface area (Å²) in [5.41, 5.74) is 0.656. The minimum atomic E-state index is -1.32. The van der Waals surface area contributed by atoms with E-state index in [9.17, 15) is 14.4 Å². The summed E-state index contributed by atoms with van der Waals surface area (Å²) in [5.74, 6) is -1.89. The van der Waals surface area contributed by atoms with Crippen molar-refractivity contribution in [2.24, 2.45) is 5.41 Å². The predicted molar refractivity (Wildman–Crippen MR) is 79.4 cm³/mol. The summed E-state index contributed by atoms with van der Waals surface area (Å²) < 4.78 is 0. The number of hydrogen-bond donors (Lipinski definition) is 2. The molecule has 1 aliphatic carbocycles. The molecule has 0 unspecified atom stereocenters. The molecule has 0 spiro atoms. The number of amides is 2. The number of nitrogens with one attached hydrogen (secondary N) is 1. The van der Waals surface area contributed by atoms with E-state index in [1.54, 1.807) is 11.8 Å². The van der Waals surface area contributed by atoms with Crippen molar-refractivity contribution in [1.29, 1.82) is 0 Å². The lowest BCUT2D eigenvalue weighted by Gasteiger charge is -2.23. The average molecular weight is 302 g/mol. The third-order valence-electron chi connectivity index (χ3n) is 4.47. The first kappa shape index (κ1) is 14.6. The first-order chi connectivity index (χ1) is 10.5. The molecule has 6 nitrogen and oxygen atoms in total. The van der Waals surface area contributed by atoms with Crippen molar-refractivity contribution in [3.05, 3.63) is 29.8 Å². The van der Waals surface area contributed by atoms with Crippen molar-refractivity contribution in [3.8, 4) is 0 Å². The second-order valence-corrected chi connectivity index (χ2v) is 5.95. The molecule has 22 heavy (non-hydrogen) atoms. The van der Waals surface area contributed by atoms with Crippen LogP contribution in [0.2, 0.25) is 0 Å². The molecule has 0 aromatic heterocycles. The lowest BCUT2D eigenvalue weighted by molar-refractivity contribution is -0.149. The fraction of sp³-hybridized carbons (Fsp3) is 0.438. The number of anilines is 1. The Labute approximate surface area is 128 Å². The van der Waals surface area contributed by atoms with Gasteiger partial charge in [0.15, 0.2) is 0 Å². The molecular formula is C16H18N2O4. The molecule has 2 N–H and O–H groups in total. The highest BCUT2D eigenvalue weighted by molar-refractivity contribution is 6.07. The molecule has 0 saturated heterocycles. The van der Waals surface area contributed by atoms with Crippen molar-refractivity contribution in [2.45, 2.75) is 32.2 Å². The van der Waals surface area contributed by atoms with Crippen molar-refractivity contribution in [2.75, 3.05) is 11.4 Å². The number of carbonyl (C=O) groups excluding carboxylic acids is 2. The number of rotatable bonds is 4. The Balaban J connectivity index is 1.69. The number of fused-ring (bicyclic) bond motifs is 1. The van der Waals surface area contributed by atoms with E-state index in [-0.39, 0.29) is 5.91 Å². The molecule has 2 aliphatic rings. The molecule has 1 aliphatic heterocycles. The smallest absolute Gasteiger partial charge is 0.319 e. The van der Waals surface area contributed by atoms with Crippen molar-refractivity contribution >= 4 is 23.5 Å². The SMILES string of the molecule is C[C@@H](NC(=O)C1(C(=O)O)CC1)C(=O)N1CCc2ccccc21. The van der Waals surface area contributed by atoms with Crippen LogP contribution >= 0.6 is 0 Å². The first-order valence-electron chi connectivity index (χ1n) is 7.39. The number of nitrogens with zero attached hydrogens (tertiary/aromatic N) is 1. The fourth-order valence-corrected chi connectivity index (χ4v) is 2.86. The zero-order valence-electron chi connectivity index (χ0n) is 12.3. The number of para-hydroxylation sites is 1. The molecule has 1 heterocycles. The van der Waals surface area contributed by atoms with Gasteiger partial charge in [0, 0.05) is 12.2 Å². The monoisotopic (exact) mass is 302 g/mol. The van der Waals surface area contributed by atoms with Crippen LogP contribution in [0.5, 0.6) is 0 Å². The van der Waals surface area contributed by atoms with Crippen LogP contribution in [0, 0.1) is 5.41 Å². The first-order valence-corrected chi connectivity index (χ1v) is 7.39. The van der Waals surface area contributed by atoms with Crippen LogP contribution in [-0.4, -0.2) is 35.5 Å². The average Bonchev–Trinajstić information content (AvgIpc) is 3.21. The summed E-state index contributed by atoms with van der Waals surface area (Å²) >= 11 is 0. The summed E-state index contributed by atoms with van der Waals surface area (Å²) in [6, 6.07) is 6.93. The highest BCUT2D eigenvalue weighted by Gasteiger charge is 2.57. The van der Waals surface area contributed by atoms with Crippen LogP contribution in [-0.2, 0) is 20.8 Å². The lowest BCUT2D eigenvalue weighted by Crippen LogP contribution is -2.49. The van der Waals surface area contributed by atoms with Gasteiger partial charge in [-0.15, -0.1) is 0 Å². The zero-order chi connectivity index (χ0) is 15.9. The molecule has 1 fully saturated rings. The number of aliphatic carboxylic acids is 1. The Morgan fingerprint density at radius 1 is 1.27 bits per heavy atom. The highest BCUT2D eigenvalue weighted by Crippen LogP contribution is 2.46. The van der Waals surface area contributed by atoms with Crippen LogP contribution in [0.3, 0.4) is 0 Å². The molecule has 2 amide bonds. The van der Waals surface area contributed by atoms with Crippen LogP contribution in [0.1, 0.15) is 25.3 Å². The number of carboxylic acid groups (broad SMARTS) is 1. The van der Waals surface area contributed by atoms with Crippen molar-refractivity contribution < 1.29 is 19.5 Å². The second kappa shape index (κ2) is 5.12. The van der Waals surface area contributed by atoms with E-state index in [4.69, 9.17) is 5.11 Å². The minimum Gasteiger partial charge on any atom is -0.480 e. The van der Waals surface area contributed by atoms with E-state index in [0.29, 0.717) is 19.4 Å². The molecular weight excluding hydrogens is 284 g/mol. The quantitative estimate of drug-likeness (QED) is 0.811. The maximum atomic E-state index is 12.5. The third-order valence-corrected chi connectivity index (χ3v) is 4.47. The number of benzene rings is 1. The van der Waals surface area contributed by atoms with Crippen molar-refractivity contribution in [3.63, 3.8) is 0 Å². The molecule has 1 saturated carbocycles. The van der Waals surface area contributed by atoms with Gasteiger partial charge in [-0.3, -0.25) is 14.4 Å². The van der Waals surface area contributed by atoms with E-state index in [1.165, 1.54) is 0 Å². The van der Waals surface area contributed by atoms with E-state index in [0.717, 1.165) is 17.7 Å². The van der Waals surface area contributed by atoms with Gasteiger partial charge in [-0.1, -0.05) is 18.2 Å². The van der Waals surface area contributed by atoms with Crippen LogP contribution in [0.4, 0.5) is 5.69 Å². The summed E-state index contributed by atoms with van der Waals surface area (Å²) in [7, 11) is 0. The summed E-state index contributed by atoms with van der Waals surface area (Å²) in [6.45, 7) is 2.18. The molecule has 1 atom stereocenters. The minimum absolute atomic E-state index is 0.209. The van der Waals surface area contributed by atoms with Gasteiger partial charge >= 0.3 is 5.97 Å². The Morgan fingerprint density at radius 3 is 2.59 bits per heavy atom. The molecule has 3 rings (SSSR count). The summed E-state index contributed by atoms with van der Waals surface area (Å²) in [5, 5.41) is 11.7. The largest absolute Gasteiger partial charge is 0.480 e. The number of hydrogen-bond acceptors (Lipinski definition) is 3. The maximum absolute atomic E-state index is 12.5. The van der Waals surface area contributed by atoms with E-state index in [1.807, 2.05) is 24.3 Å². The molecule has 1 aromatic carbocycles. The summed E-state index contributed by atoms with van der Waals surface area (Å²) in [4.78, 5) is 37.4. The summed E-state index contributed by atoms with van der Waals surface area (Å²) in [6.07, 6.45) is 1.46. The van der Waals surface area contributed by atoms with Gasteiger partial charge in [-0.05, 0) is 37.8 Å². The Kier molecular flexibility index (Phi) is 3.39. The van der Waals surface area contributed by atoms with Crippen molar-refractivity contribution in [1.82, 2.24) is 5.32 Å². The van der Waals surface area contributed by atoms with E-state index in [2.05, 4.69) is 5.32 Å². The predicted octanol–water partition coefficient (Wildman–Crippen LogP) is 0.945. The Morgan fingerprint density at radius 2 is 1.95 bits per heavy atom. The molecule has 0 radical (unpaired) electrons. The second-order valence-electron chi connectivity index (χ2n) is 5.95. The zero-order valence-corrected chi connectivity index (χ0v) is 12.3. The van der Waals surface area contributed by atoms with Crippen LogP contribution in [0.25, 0.3) is 0 Å². The Hall–Kier alpha value is -2.37. The van der Waals surface area contributed by atoms with E-state index >= 15 is 0 Å². The van der Waals surface area contributed by atoms with Gasteiger partial charge in [0.1, 0.15) is 11.5 Å². The maximum Gasteiger partial charge on any atom is 0.319 e. The van der Waals surface area contributed by atoms with Crippen LogP contribution in [0.15, 0.2) is 24.3 Å². The molecule has 6 heteroatoms. The topological polar surface area (TPSA) is 86.7 Å². The van der Waals surface area contributed by atoms with Gasteiger partial charge in [0.2, 0.25) is 11.8 Å². The fourth-order valence-electron chi connectivity index (χ4n) is 2.86. The standard InChI is InChI=1S/C16H18N2O4/c1-10(17-14(20)16(7-8-16)15(21)22)13(19)18-9-6-11-4-2-3-5-12(11)18/h2-5,10H,6-9H2,1H3,(H,17,20)(H,21,22)/t10-/m1/s1. The Bertz CT molecular complexity index is 651. The molecule has 116 valence electrons. The van der Waals surface area contributed by atoms with Gasteiger partial charge < -0.3 is 15.3 Å². The van der Waals surface area contributed by atoms with Crippen LogP contribution < -0.4 is 10.2 Å². The highest BCUT2D eigenvalue weighted by atomic mass is 16.4. The van der Waals surface area contributed by atoms with Gasteiger partial charge in [-0.2, -0.15) is 0 Å². The van der Waals surface area contributed by atoms with E-state index < -0.39 is 23.3 Å². The third kappa shape index (κ3) is 2.24. The molecule has 1 aromatic rings. The van der Waals surface area contributed by atoms with Gasteiger partial charge in [0.05, 0.1) is 0 Å². The van der Waals surface area contributed by atoms with Gasteiger partial charge in [-0.25, -0.2) is 0 Å². The lowest BCUT2D eigenvalue weighted by atomic mass is 10.1. The molecule has 0 bridgehead atoms. The number of carbonyl (C=O) groups is 3.